The van der Waals surface area contributed by atoms with Gasteiger partial charge in [0.05, 0.1) is 14.2 Å². The lowest BCUT2D eigenvalue weighted by Crippen LogP contribution is -2.37. The molecule has 0 heterocycles. The van der Waals surface area contributed by atoms with E-state index in [1.807, 2.05) is 0 Å². The topological polar surface area (TPSA) is 93.1 Å². The molecule has 0 aliphatic heterocycles. The first kappa shape index (κ1) is 27.6. The summed E-state index contributed by atoms with van der Waals surface area (Å²) in [5, 5.41) is 11.4. The number of aromatic hydroxyl groups is 1. The molecule has 0 unspecified atom stereocenters. The van der Waals surface area contributed by atoms with Crippen molar-refractivity contribution in [3.05, 3.63) is 11.1 Å². The first-order chi connectivity index (χ1) is 13.9. The Kier molecular flexibility index (Phi) is 8.51. The average Bonchev–Trinajstić information content (AvgIpc) is 2.52. The van der Waals surface area contributed by atoms with Crippen molar-refractivity contribution in [2.75, 3.05) is 14.2 Å². The first-order valence-electron chi connectivity index (χ1n) is 10.9. The van der Waals surface area contributed by atoms with Crippen LogP contribution >= 0.6 is 0 Å². The lowest BCUT2D eigenvalue weighted by molar-refractivity contribution is 0.0936. The predicted octanol–water partition coefficient (Wildman–Crippen LogP) is 6.19. The van der Waals surface area contributed by atoms with Gasteiger partial charge in [-0.05, 0) is 42.4 Å². The average molecular weight is 459 g/mol. The number of hydrogen-bond acceptors (Lipinski definition) is 5. The van der Waals surface area contributed by atoms with Crippen LogP contribution in [0.4, 0.5) is 0 Å². The molecule has 2 N–H and O–H groups in total. The molecule has 6 nitrogen and oxygen atoms in total. The molecule has 31 heavy (non-hydrogen) atoms. The van der Waals surface area contributed by atoms with Crippen molar-refractivity contribution in [3.63, 3.8) is 0 Å². The lowest BCUT2D eigenvalue weighted by atomic mass is 9.57. The van der Waals surface area contributed by atoms with Crippen LogP contribution in [0.2, 0.25) is 0 Å². The van der Waals surface area contributed by atoms with Crippen LogP contribution < -0.4 is 9.47 Å². The van der Waals surface area contributed by atoms with Crippen LogP contribution in [0.15, 0.2) is 4.90 Å². The molecule has 0 aliphatic carbocycles. The van der Waals surface area contributed by atoms with Crippen molar-refractivity contribution in [1.82, 2.24) is 0 Å². The van der Waals surface area contributed by atoms with Gasteiger partial charge >= 0.3 is 0 Å². The van der Waals surface area contributed by atoms with E-state index < -0.39 is 10.1 Å². The molecule has 0 aromatic heterocycles. The Morgan fingerprint density at radius 3 is 1.55 bits per heavy atom. The minimum atomic E-state index is -4.63. The van der Waals surface area contributed by atoms with Gasteiger partial charge in [-0.3, -0.25) is 4.55 Å². The van der Waals surface area contributed by atoms with E-state index in [-0.39, 0.29) is 44.5 Å². The number of rotatable bonds is 10. The van der Waals surface area contributed by atoms with Gasteiger partial charge in [-0.15, -0.1) is 0 Å². The molecule has 0 bridgehead atoms. The van der Waals surface area contributed by atoms with E-state index >= 15 is 0 Å². The van der Waals surface area contributed by atoms with E-state index in [4.69, 9.17) is 9.47 Å². The zero-order valence-corrected chi connectivity index (χ0v) is 21.9. The van der Waals surface area contributed by atoms with Gasteiger partial charge in [0.2, 0.25) is 0 Å². The van der Waals surface area contributed by atoms with Gasteiger partial charge in [0, 0.05) is 17.0 Å². The van der Waals surface area contributed by atoms with Crippen LogP contribution in [0, 0.1) is 29.6 Å². The molecular weight excluding hydrogens is 416 g/mol. The van der Waals surface area contributed by atoms with Crippen LogP contribution in [0.1, 0.15) is 85.3 Å². The lowest BCUT2D eigenvalue weighted by Gasteiger charge is -2.47. The summed E-state index contributed by atoms with van der Waals surface area (Å²) in [6.45, 7) is 18.6. The molecule has 0 atom stereocenters. The number of benzene rings is 1. The monoisotopic (exact) mass is 458 g/mol. The number of ether oxygens (including phenoxy) is 2. The summed E-state index contributed by atoms with van der Waals surface area (Å²) >= 11 is 0. The molecule has 1 aromatic carbocycles. The molecule has 0 spiro atoms. The minimum absolute atomic E-state index is 0.0167. The third kappa shape index (κ3) is 5.86. The zero-order chi connectivity index (χ0) is 24.5. The Balaban J connectivity index is 4.21. The summed E-state index contributed by atoms with van der Waals surface area (Å²) in [5.74, 6) is 0.367. The van der Waals surface area contributed by atoms with Crippen LogP contribution in [0.5, 0.6) is 17.2 Å². The van der Waals surface area contributed by atoms with Crippen LogP contribution in [-0.4, -0.2) is 32.3 Å². The molecule has 180 valence electrons. The third-order valence-corrected chi connectivity index (χ3v) is 7.00. The van der Waals surface area contributed by atoms with E-state index in [2.05, 4.69) is 55.4 Å². The highest BCUT2D eigenvalue weighted by Gasteiger charge is 2.47. The largest absolute Gasteiger partial charge is 0.504 e. The van der Waals surface area contributed by atoms with Crippen molar-refractivity contribution >= 4 is 10.1 Å². The van der Waals surface area contributed by atoms with Crippen molar-refractivity contribution in [3.8, 4) is 17.2 Å². The Morgan fingerprint density at radius 2 is 1.26 bits per heavy atom. The van der Waals surface area contributed by atoms with Gasteiger partial charge in [-0.25, -0.2) is 0 Å². The number of phenolic OH excluding ortho intramolecular Hbond substituents is 1. The van der Waals surface area contributed by atoms with E-state index in [1.54, 1.807) is 0 Å². The molecule has 0 aliphatic rings. The maximum absolute atomic E-state index is 12.4. The van der Waals surface area contributed by atoms with Crippen LogP contribution in [0.3, 0.4) is 0 Å². The standard InChI is InChI=1S/C24H42O6S/c1-14(2)12-23(6,7)22(24(8,9)13-15(3)4)17-18(25)19(29-10)16(5)21(20(17)30-11)31(26,27)28/h14-15,22,25H,12-13H2,1-11H3,(H,26,27,28). The summed E-state index contributed by atoms with van der Waals surface area (Å²) in [5.41, 5.74) is -0.165. The van der Waals surface area contributed by atoms with Gasteiger partial charge in [0.25, 0.3) is 10.1 Å². The molecule has 0 radical (unpaired) electrons. The summed E-state index contributed by atoms with van der Waals surface area (Å²) in [6.07, 6.45) is 1.69. The summed E-state index contributed by atoms with van der Waals surface area (Å²) in [6, 6.07) is 0. The number of phenols is 1. The van der Waals surface area contributed by atoms with E-state index in [0.717, 1.165) is 12.8 Å². The van der Waals surface area contributed by atoms with Gasteiger partial charge < -0.3 is 14.6 Å². The van der Waals surface area contributed by atoms with Gasteiger partial charge in [-0.2, -0.15) is 8.42 Å². The third-order valence-electron chi connectivity index (χ3n) is 5.99. The maximum Gasteiger partial charge on any atom is 0.298 e. The Bertz CT molecular complexity index is 860. The van der Waals surface area contributed by atoms with Crippen molar-refractivity contribution in [1.29, 1.82) is 0 Å². The van der Waals surface area contributed by atoms with Gasteiger partial charge in [0.1, 0.15) is 10.6 Å². The first-order valence-corrected chi connectivity index (χ1v) is 12.3. The predicted molar refractivity (Wildman–Crippen MR) is 125 cm³/mol. The Hall–Kier alpha value is -1.47. The zero-order valence-electron chi connectivity index (χ0n) is 21.1. The number of methoxy groups -OCH3 is 2. The van der Waals surface area contributed by atoms with Gasteiger partial charge in [-0.1, -0.05) is 55.4 Å². The van der Waals surface area contributed by atoms with Crippen molar-refractivity contribution in [2.45, 2.75) is 86.0 Å². The van der Waals surface area contributed by atoms with Crippen molar-refractivity contribution in [2.24, 2.45) is 22.7 Å². The van der Waals surface area contributed by atoms with Crippen molar-refractivity contribution < 1.29 is 27.6 Å². The normalized spacial score (nSPS) is 13.4. The molecule has 0 saturated carbocycles. The SMILES string of the molecule is COc1c(C)c(S(=O)(=O)O)c(OC)c(C(C(C)(C)CC(C)C)C(C)(C)CC(C)C)c1O. The Labute approximate surface area is 189 Å². The smallest absolute Gasteiger partial charge is 0.298 e. The maximum atomic E-state index is 12.4. The second-order valence-electron chi connectivity index (χ2n) is 10.9. The fourth-order valence-electron chi connectivity index (χ4n) is 6.01. The van der Waals surface area contributed by atoms with Crippen LogP contribution in [0.25, 0.3) is 0 Å². The highest BCUT2D eigenvalue weighted by molar-refractivity contribution is 7.86. The fourth-order valence-corrected chi connectivity index (χ4v) is 6.92. The molecule has 1 rings (SSSR count). The van der Waals surface area contributed by atoms with E-state index in [1.165, 1.54) is 21.1 Å². The molecule has 0 amide bonds. The summed E-state index contributed by atoms with van der Waals surface area (Å²) in [4.78, 5) is -0.356. The highest BCUT2D eigenvalue weighted by atomic mass is 32.2. The number of hydrogen-bond donors (Lipinski definition) is 2. The molecular formula is C24H42O6S. The summed E-state index contributed by atoms with van der Waals surface area (Å²) in [7, 11) is -1.90. The second kappa shape index (κ2) is 9.57. The van der Waals surface area contributed by atoms with Crippen LogP contribution in [-0.2, 0) is 10.1 Å². The highest BCUT2D eigenvalue weighted by Crippen LogP contribution is 2.60. The molecule has 1 aromatic rings. The molecule has 0 fully saturated rings. The Morgan fingerprint density at radius 1 is 0.871 bits per heavy atom. The molecule has 7 heteroatoms. The second-order valence-corrected chi connectivity index (χ2v) is 12.2. The quantitative estimate of drug-likeness (QED) is 0.406. The fraction of sp³-hybridized carbons (Fsp3) is 0.750. The minimum Gasteiger partial charge on any atom is -0.504 e. The van der Waals surface area contributed by atoms with Gasteiger partial charge in [0.15, 0.2) is 11.5 Å². The molecule has 0 saturated heterocycles. The van der Waals surface area contributed by atoms with E-state index in [9.17, 15) is 18.1 Å². The summed E-state index contributed by atoms with van der Waals surface area (Å²) < 4.78 is 45.8. The van der Waals surface area contributed by atoms with E-state index in [0.29, 0.717) is 17.4 Å².